The van der Waals surface area contributed by atoms with Gasteiger partial charge in [-0.2, -0.15) is 13.2 Å². The molecule has 1 fully saturated rings. The quantitative estimate of drug-likeness (QED) is 0.362. The second kappa shape index (κ2) is 13.2. The first kappa shape index (κ1) is 29.5. The number of alkyl halides is 3. The Morgan fingerprint density at radius 2 is 1.89 bits per heavy atom. The standard InChI is InChI=1S/C25H35F3N4O3S2/c1-3-31(20(2)17-21-7-9-22(10-8-21)37(34,35)25(26,27)28)13-4-5-14-32-15-6-12-30(19-24(32)33)18-23-29-11-16-36-23/h7-11,16,20H,3-6,12-15,17-19H2,1-2H3. The molecule has 0 radical (unpaired) electrons. The van der Waals surface area contributed by atoms with E-state index in [-0.39, 0.29) is 11.9 Å². The highest BCUT2D eigenvalue weighted by atomic mass is 32.2. The average Bonchev–Trinajstić information content (AvgIpc) is 3.28. The predicted octanol–water partition coefficient (Wildman–Crippen LogP) is 4.20. The van der Waals surface area contributed by atoms with E-state index in [0.29, 0.717) is 19.5 Å². The van der Waals surface area contributed by atoms with Gasteiger partial charge in [-0.3, -0.25) is 9.69 Å². The number of nitrogens with zero attached hydrogens (tertiary/aromatic N) is 4. The SMILES string of the molecule is CCN(CCCCN1CCCN(Cc2nccs2)CC1=O)C(C)Cc1ccc(S(=O)(=O)C(F)(F)F)cc1. The predicted molar refractivity (Wildman–Crippen MR) is 138 cm³/mol. The molecule has 3 rings (SSSR count). The van der Waals surface area contributed by atoms with Gasteiger partial charge >= 0.3 is 5.51 Å². The maximum absolute atomic E-state index is 12.8. The average molecular weight is 561 g/mol. The lowest BCUT2D eigenvalue weighted by atomic mass is 10.1. The van der Waals surface area contributed by atoms with E-state index in [1.54, 1.807) is 17.5 Å². The van der Waals surface area contributed by atoms with Gasteiger partial charge in [-0.25, -0.2) is 13.4 Å². The van der Waals surface area contributed by atoms with Crippen molar-refractivity contribution in [2.45, 2.75) is 62.5 Å². The number of aromatic nitrogens is 1. The van der Waals surface area contributed by atoms with Crippen molar-refractivity contribution >= 4 is 27.1 Å². The number of likely N-dealkylation sites (N-methyl/N-ethyl adjacent to an activating group) is 1. The van der Waals surface area contributed by atoms with Crippen LogP contribution in [0.4, 0.5) is 13.2 Å². The molecule has 1 aliphatic rings. The number of sulfone groups is 1. The first-order chi connectivity index (χ1) is 17.5. The fourth-order valence-electron chi connectivity index (χ4n) is 4.59. The van der Waals surface area contributed by atoms with Gasteiger partial charge in [-0.1, -0.05) is 19.1 Å². The summed E-state index contributed by atoms with van der Waals surface area (Å²) in [7, 11) is -5.33. The van der Waals surface area contributed by atoms with E-state index >= 15 is 0 Å². The van der Waals surface area contributed by atoms with Gasteiger partial charge in [0.2, 0.25) is 5.91 Å². The fourth-order valence-corrected chi connectivity index (χ4v) is 6.01. The number of carbonyl (C=O) groups excluding carboxylic acids is 1. The molecule has 1 saturated heterocycles. The van der Waals surface area contributed by atoms with Gasteiger partial charge in [-0.05, 0) is 63.4 Å². The van der Waals surface area contributed by atoms with E-state index in [1.807, 2.05) is 10.3 Å². The van der Waals surface area contributed by atoms with Gasteiger partial charge in [0.15, 0.2) is 0 Å². The maximum Gasteiger partial charge on any atom is 0.501 e. The second-order valence-corrected chi connectivity index (χ2v) is 12.3. The highest BCUT2D eigenvalue weighted by molar-refractivity contribution is 7.92. The number of benzene rings is 1. The van der Waals surface area contributed by atoms with Crippen molar-refractivity contribution in [1.29, 1.82) is 0 Å². The second-order valence-electron chi connectivity index (χ2n) is 9.35. The van der Waals surface area contributed by atoms with Crippen LogP contribution in [0.15, 0.2) is 40.7 Å². The highest BCUT2D eigenvalue weighted by Gasteiger charge is 2.46. The van der Waals surface area contributed by atoms with E-state index in [2.05, 4.69) is 28.6 Å². The van der Waals surface area contributed by atoms with E-state index in [0.717, 1.165) is 74.7 Å². The third-order valence-electron chi connectivity index (χ3n) is 6.68. The summed E-state index contributed by atoms with van der Waals surface area (Å²) in [6.07, 6.45) is 5.14. The molecule has 0 bridgehead atoms. The maximum atomic E-state index is 12.8. The Hall–Kier alpha value is -2.02. The van der Waals surface area contributed by atoms with E-state index in [1.165, 1.54) is 12.1 Å². The van der Waals surface area contributed by atoms with Gasteiger partial charge < -0.3 is 9.80 Å². The monoisotopic (exact) mass is 560 g/mol. The highest BCUT2D eigenvalue weighted by Crippen LogP contribution is 2.30. The van der Waals surface area contributed by atoms with Crippen molar-refractivity contribution in [2.24, 2.45) is 0 Å². The Kier molecular flexibility index (Phi) is 10.5. The number of unbranched alkanes of at least 4 members (excludes halogenated alkanes) is 1. The van der Waals surface area contributed by atoms with E-state index < -0.39 is 20.2 Å². The summed E-state index contributed by atoms with van der Waals surface area (Å²) < 4.78 is 61.4. The molecular weight excluding hydrogens is 525 g/mol. The Morgan fingerprint density at radius 1 is 1.16 bits per heavy atom. The number of hydrogen-bond acceptors (Lipinski definition) is 7. The third-order valence-corrected chi connectivity index (χ3v) is 8.95. The topological polar surface area (TPSA) is 73.8 Å². The molecule has 1 aromatic carbocycles. The van der Waals surface area contributed by atoms with Gasteiger partial charge in [0.1, 0.15) is 5.01 Å². The summed E-state index contributed by atoms with van der Waals surface area (Å²) in [5.74, 6) is 0.158. The smallest absolute Gasteiger partial charge is 0.342 e. The van der Waals surface area contributed by atoms with E-state index in [4.69, 9.17) is 0 Å². The molecule has 2 heterocycles. The minimum absolute atomic E-state index is 0.134. The minimum Gasteiger partial charge on any atom is -0.342 e. The molecule has 37 heavy (non-hydrogen) atoms. The lowest BCUT2D eigenvalue weighted by molar-refractivity contribution is -0.131. The van der Waals surface area contributed by atoms with Crippen molar-refractivity contribution < 1.29 is 26.4 Å². The fraction of sp³-hybridized carbons (Fsp3) is 0.600. The summed E-state index contributed by atoms with van der Waals surface area (Å²) in [6.45, 7) is 9.27. The molecule has 0 spiro atoms. The number of halogens is 3. The first-order valence-corrected chi connectivity index (χ1v) is 14.9. The van der Waals surface area contributed by atoms with Gasteiger partial charge in [0.05, 0.1) is 18.0 Å². The molecule has 0 saturated carbocycles. The molecule has 1 atom stereocenters. The Morgan fingerprint density at radius 3 is 2.51 bits per heavy atom. The van der Waals surface area contributed by atoms with Gasteiger partial charge in [0.25, 0.3) is 9.84 Å². The molecule has 1 amide bonds. The van der Waals surface area contributed by atoms with Gasteiger partial charge in [-0.15, -0.1) is 11.3 Å². The van der Waals surface area contributed by atoms with Gasteiger partial charge in [0, 0.05) is 37.3 Å². The van der Waals surface area contributed by atoms with Crippen LogP contribution in [-0.2, 0) is 27.6 Å². The zero-order valence-electron chi connectivity index (χ0n) is 21.3. The van der Waals surface area contributed by atoms with Crippen molar-refractivity contribution in [2.75, 3.05) is 39.3 Å². The van der Waals surface area contributed by atoms with Crippen molar-refractivity contribution in [3.8, 4) is 0 Å². The molecule has 0 aliphatic carbocycles. The van der Waals surface area contributed by atoms with Crippen LogP contribution in [0.3, 0.4) is 0 Å². The Bertz CT molecular complexity index is 1090. The Balaban J connectivity index is 1.43. The number of carbonyl (C=O) groups is 1. The molecule has 1 aliphatic heterocycles. The summed E-state index contributed by atoms with van der Waals surface area (Å²) >= 11 is 1.60. The molecule has 1 unspecified atom stereocenters. The van der Waals surface area contributed by atoms with Crippen molar-refractivity contribution in [3.63, 3.8) is 0 Å². The van der Waals surface area contributed by atoms with Crippen LogP contribution in [0, 0.1) is 0 Å². The summed E-state index contributed by atoms with van der Waals surface area (Å²) in [4.78, 5) is 22.7. The normalized spacial score (nSPS) is 16.8. The first-order valence-electron chi connectivity index (χ1n) is 12.5. The third kappa shape index (κ3) is 8.23. The van der Waals surface area contributed by atoms with Crippen LogP contribution in [0.25, 0.3) is 0 Å². The van der Waals surface area contributed by atoms with Crippen LogP contribution >= 0.6 is 11.3 Å². The largest absolute Gasteiger partial charge is 0.501 e. The zero-order valence-corrected chi connectivity index (χ0v) is 22.9. The lowest BCUT2D eigenvalue weighted by Crippen LogP contribution is -2.38. The van der Waals surface area contributed by atoms with Crippen molar-refractivity contribution in [3.05, 3.63) is 46.4 Å². The van der Waals surface area contributed by atoms with Crippen LogP contribution in [-0.4, -0.2) is 84.8 Å². The number of rotatable bonds is 12. The summed E-state index contributed by atoms with van der Waals surface area (Å²) in [5, 5.41) is 2.97. The number of thiazole rings is 1. The van der Waals surface area contributed by atoms with Crippen molar-refractivity contribution in [1.82, 2.24) is 19.7 Å². The molecule has 206 valence electrons. The summed E-state index contributed by atoms with van der Waals surface area (Å²) in [5.41, 5.74) is -4.52. The zero-order chi connectivity index (χ0) is 27.1. The number of amides is 1. The van der Waals surface area contributed by atoms with Crippen LogP contribution < -0.4 is 0 Å². The van der Waals surface area contributed by atoms with Crippen LogP contribution in [0.5, 0.6) is 0 Å². The van der Waals surface area contributed by atoms with E-state index in [9.17, 15) is 26.4 Å². The van der Waals surface area contributed by atoms with Crippen LogP contribution in [0.1, 0.15) is 43.7 Å². The molecule has 7 nitrogen and oxygen atoms in total. The lowest BCUT2D eigenvalue weighted by Gasteiger charge is -2.28. The molecule has 0 N–H and O–H groups in total. The Labute approximate surface area is 221 Å². The molecule has 2 aromatic rings. The summed E-state index contributed by atoms with van der Waals surface area (Å²) in [6, 6.07) is 5.08. The van der Waals surface area contributed by atoms with Crippen LogP contribution in [0.2, 0.25) is 0 Å². The minimum atomic E-state index is -5.33. The number of hydrogen-bond donors (Lipinski definition) is 0. The molecular formula is C25H35F3N4O3S2. The molecule has 1 aromatic heterocycles. The molecule has 12 heteroatoms.